The zero-order valence-electron chi connectivity index (χ0n) is 9.38. The first kappa shape index (κ1) is 13.1. The maximum Gasteiger partial charge on any atom is 0.0766 e. The van der Waals surface area contributed by atoms with Crippen LogP contribution in [0.1, 0.15) is 27.2 Å². The van der Waals surface area contributed by atoms with E-state index < -0.39 is 0 Å². The third kappa shape index (κ3) is 2.79. The summed E-state index contributed by atoms with van der Waals surface area (Å²) < 4.78 is 0. The maximum absolute atomic E-state index is 5.58. The van der Waals surface area contributed by atoms with E-state index in [4.69, 9.17) is 5.73 Å². The molecule has 1 heterocycles. The van der Waals surface area contributed by atoms with Crippen LogP contribution in [0.25, 0.3) is 0 Å². The summed E-state index contributed by atoms with van der Waals surface area (Å²) in [5.74, 6) is 0. The molecule has 0 saturated carbocycles. The van der Waals surface area contributed by atoms with Crippen molar-refractivity contribution in [2.45, 2.75) is 32.7 Å². The zero-order valence-corrected chi connectivity index (χ0v) is 9.38. The van der Waals surface area contributed by atoms with Gasteiger partial charge in [-0.05, 0) is 51.0 Å². The molecule has 0 aromatic heterocycles. The van der Waals surface area contributed by atoms with Crippen molar-refractivity contribution in [2.24, 2.45) is 10.7 Å². The van der Waals surface area contributed by atoms with Gasteiger partial charge in [-0.15, -0.1) is 0 Å². The summed E-state index contributed by atoms with van der Waals surface area (Å²) in [5, 5.41) is 0. The van der Waals surface area contributed by atoms with Gasteiger partial charge >= 0.3 is 0 Å². The van der Waals surface area contributed by atoms with Crippen LogP contribution < -0.4 is 11.9 Å². The Morgan fingerprint density at radius 3 is 2.64 bits per heavy atom. The molecular formula is C11H21N3. The highest BCUT2D eigenvalue weighted by Crippen LogP contribution is 2.28. The minimum atomic E-state index is -0.0903. The minimum Gasteiger partial charge on any atom is -0.344 e. The van der Waals surface area contributed by atoms with Gasteiger partial charge in [0.2, 0.25) is 0 Å². The van der Waals surface area contributed by atoms with Gasteiger partial charge in [-0.2, -0.15) is 0 Å². The first-order valence-electron chi connectivity index (χ1n) is 4.70. The van der Waals surface area contributed by atoms with Gasteiger partial charge in [-0.25, -0.2) is 0 Å². The molecule has 1 aliphatic heterocycles. The number of aliphatic imine (C=N–C) groups is 1. The Labute approximate surface area is 86.4 Å². The van der Waals surface area contributed by atoms with Crippen molar-refractivity contribution in [3.8, 4) is 0 Å². The second kappa shape index (κ2) is 5.08. The Balaban J connectivity index is 0.00000169. The highest BCUT2D eigenvalue weighted by atomic mass is 14.8. The summed E-state index contributed by atoms with van der Waals surface area (Å²) in [6.07, 6.45) is 6.89. The maximum atomic E-state index is 5.58. The van der Waals surface area contributed by atoms with Crippen molar-refractivity contribution in [3.63, 3.8) is 0 Å². The molecule has 1 rings (SSSR count). The van der Waals surface area contributed by atoms with Gasteiger partial charge in [0, 0.05) is 6.21 Å². The number of hydrogen-bond donors (Lipinski definition) is 2. The summed E-state index contributed by atoms with van der Waals surface area (Å²) in [6, 6.07) is 0. The fourth-order valence-corrected chi connectivity index (χ4v) is 1.73. The van der Waals surface area contributed by atoms with Crippen LogP contribution in [0.4, 0.5) is 0 Å². The molecule has 14 heavy (non-hydrogen) atoms. The molecule has 0 aromatic carbocycles. The normalized spacial score (nSPS) is 19.1. The van der Waals surface area contributed by atoms with Crippen LogP contribution in [0.2, 0.25) is 0 Å². The Kier molecular flexibility index (Phi) is 4.74. The van der Waals surface area contributed by atoms with Crippen LogP contribution in [-0.2, 0) is 0 Å². The second-order valence-corrected chi connectivity index (χ2v) is 3.90. The Morgan fingerprint density at radius 2 is 2.07 bits per heavy atom. The van der Waals surface area contributed by atoms with E-state index in [-0.39, 0.29) is 11.7 Å². The summed E-state index contributed by atoms with van der Waals surface area (Å²) in [7, 11) is 0. The van der Waals surface area contributed by atoms with Crippen molar-refractivity contribution >= 4 is 6.21 Å². The van der Waals surface area contributed by atoms with Crippen LogP contribution in [0.15, 0.2) is 28.3 Å². The Hall–Kier alpha value is -0.930. The molecule has 5 N–H and O–H groups in total. The van der Waals surface area contributed by atoms with Gasteiger partial charge < -0.3 is 11.9 Å². The Morgan fingerprint density at radius 1 is 1.43 bits per heavy atom. The van der Waals surface area contributed by atoms with E-state index in [2.05, 4.69) is 31.8 Å². The largest absolute Gasteiger partial charge is 0.344 e. The van der Waals surface area contributed by atoms with E-state index in [0.29, 0.717) is 6.54 Å². The molecule has 0 spiro atoms. The van der Waals surface area contributed by atoms with E-state index in [9.17, 15) is 0 Å². The minimum absolute atomic E-state index is 0. The van der Waals surface area contributed by atoms with Crippen LogP contribution >= 0.6 is 0 Å². The molecule has 3 nitrogen and oxygen atoms in total. The molecule has 3 heteroatoms. The van der Waals surface area contributed by atoms with E-state index in [0.717, 1.165) is 6.42 Å². The summed E-state index contributed by atoms with van der Waals surface area (Å²) in [6.45, 7) is 7.08. The predicted molar refractivity (Wildman–Crippen MR) is 63.1 cm³/mol. The zero-order chi connectivity index (χ0) is 9.90. The van der Waals surface area contributed by atoms with E-state index in [1.807, 2.05) is 12.3 Å². The van der Waals surface area contributed by atoms with Crippen LogP contribution in [0.3, 0.4) is 0 Å². The van der Waals surface area contributed by atoms with Crippen molar-refractivity contribution < 1.29 is 0 Å². The number of nitrogens with two attached hydrogens (primary N) is 1. The fraction of sp³-hybridized carbons (Fsp3) is 0.545. The molecule has 0 atom stereocenters. The number of hydrogen-bond acceptors (Lipinski definition) is 3. The van der Waals surface area contributed by atoms with Crippen molar-refractivity contribution in [2.75, 3.05) is 6.54 Å². The van der Waals surface area contributed by atoms with Gasteiger partial charge in [-0.1, -0.05) is 6.08 Å². The predicted octanol–water partition coefficient (Wildman–Crippen LogP) is 2.23. The number of allylic oxidation sites excluding steroid dienone is 3. The molecule has 0 radical (unpaired) electrons. The molecule has 0 saturated heterocycles. The van der Waals surface area contributed by atoms with Crippen LogP contribution in [0, 0.1) is 0 Å². The van der Waals surface area contributed by atoms with E-state index in [1.54, 1.807) is 0 Å². The topological polar surface area (TPSA) is 73.4 Å². The molecule has 0 fully saturated rings. The monoisotopic (exact) mass is 195 g/mol. The molecule has 80 valence electrons. The second-order valence-electron chi connectivity index (χ2n) is 3.90. The third-order valence-electron chi connectivity index (χ3n) is 2.44. The lowest BCUT2D eigenvalue weighted by molar-refractivity contribution is 0.586. The van der Waals surface area contributed by atoms with Crippen LogP contribution in [-0.4, -0.2) is 18.3 Å². The first-order chi connectivity index (χ1) is 6.08. The van der Waals surface area contributed by atoms with Crippen molar-refractivity contribution in [3.05, 3.63) is 23.3 Å². The van der Waals surface area contributed by atoms with Gasteiger partial charge in [0.15, 0.2) is 0 Å². The van der Waals surface area contributed by atoms with E-state index >= 15 is 0 Å². The summed E-state index contributed by atoms with van der Waals surface area (Å²) in [5.41, 5.74) is 8.14. The number of nitrogens with zero attached hydrogens (tertiary/aromatic N) is 1. The van der Waals surface area contributed by atoms with Crippen LogP contribution in [0.5, 0.6) is 0 Å². The standard InChI is InChI=1S/C11H18N2.H3N/c1-9-5-4-8-13-11(2,3)10(9)6-7-12;/h4-5,8H,6-7,12H2,1-3H3;1H3. The quantitative estimate of drug-likeness (QED) is 0.709. The Bertz CT molecular complexity index is 272. The summed E-state index contributed by atoms with van der Waals surface area (Å²) in [4.78, 5) is 4.48. The third-order valence-corrected chi connectivity index (χ3v) is 2.44. The summed E-state index contributed by atoms with van der Waals surface area (Å²) >= 11 is 0. The highest BCUT2D eigenvalue weighted by Gasteiger charge is 2.22. The lowest BCUT2D eigenvalue weighted by atomic mass is 9.88. The van der Waals surface area contributed by atoms with E-state index in [1.165, 1.54) is 11.1 Å². The fourth-order valence-electron chi connectivity index (χ4n) is 1.73. The molecule has 0 aliphatic carbocycles. The molecule has 0 amide bonds. The average Bonchev–Trinajstić information content (AvgIpc) is 2.17. The molecular weight excluding hydrogens is 174 g/mol. The average molecular weight is 195 g/mol. The van der Waals surface area contributed by atoms with Gasteiger partial charge in [0.05, 0.1) is 5.54 Å². The lowest BCUT2D eigenvalue weighted by Crippen LogP contribution is -2.23. The highest BCUT2D eigenvalue weighted by molar-refractivity contribution is 5.74. The molecule has 1 aliphatic rings. The SMILES string of the molecule is CC1=C(CCN)C(C)(C)N=CC=C1.N. The molecule has 0 bridgehead atoms. The molecule has 0 unspecified atom stereocenters. The van der Waals surface area contributed by atoms with Crippen molar-refractivity contribution in [1.29, 1.82) is 0 Å². The van der Waals surface area contributed by atoms with Gasteiger partial charge in [0.25, 0.3) is 0 Å². The molecule has 0 aromatic rings. The number of rotatable bonds is 2. The van der Waals surface area contributed by atoms with Gasteiger partial charge in [-0.3, -0.25) is 4.99 Å². The van der Waals surface area contributed by atoms with Gasteiger partial charge in [0.1, 0.15) is 0 Å². The lowest BCUT2D eigenvalue weighted by Gasteiger charge is -2.24. The first-order valence-corrected chi connectivity index (χ1v) is 4.70. The van der Waals surface area contributed by atoms with Crippen molar-refractivity contribution in [1.82, 2.24) is 6.15 Å². The smallest absolute Gasteiger partial charge is 0.0766 e.